The number of rotatable bonds is 13. The Labute approximate surface area is 190 Å². The smallest absolute Gasteiger partial charge is 0.243 e. The lowest BCUT2D eigenvalue weighted by Gasteiger charge is -2.20. The zero-order valence-corrected chi connectivity index (χ0v) is 19.9. The predicted molar refractivity (Wildman–Crippen MR) is 124 cm³/mol. The fourth-order valence-corrected chi connectivity index (χ4v) is 4.55. The van der Waals surface area contributed by atoms with Gasteiger partial charge in [-0.2, -0.15) is 4.31 Å². The molecule has 1 N–H and O–H groups in total. The van der Waals surface area contributed by atoms with E-state index in [4.69, 9.17) is 14.2 Å². The molecule has 0 radical (unpaired) electrons. The molecule has 32 heavy (non-hydrogen) atoms. The highest BCUT2D eigenvalue weighted by Crippen LogP contribution is 2.29. The van der Waals surface area contributed by atoms with E-state index < -0.39 is 10.0 Å². The van der Waals surface area contributed by atoms with E-state index in [0.29, 0.717) is 49.9 Å². The van der Waals surface area contributed by atoms with Gasteiger partial charge in [-0.25, -0.2) is 8.42 Å². The van der Waals surface area contributed by atoms with E-state index in [-0.39, 0.29) is 17.2 Å². The molecule has 0 spiro atoms. The van der Waals surface area contributed by atoms with Crippen LogP contribution in [0.2, 0.25) is 0 Å². The Balaban J connectivity index is 2.01. The second-order valence-corrected chi connectivity index (χ2v) is 8.79. The Morgan fingerprint density at radius 3 is 2.22 bits per heavy atom. The molecule has 0 fully saturated rings. The van der Waals surface area contributed by atoms with Crippen molar-refractivity contribution in [2.24, 2.45) is 0 Å². The van der Waals surface area contributed by atoms with E-state index in [1.807, 2.05) is 6.92 Å². The van der Waals surface area contributed by atoms with E-state index in [9.17, 15) is 13.2 Å². The molecule has 176 valence electrons. The number of hydrogen-bond acceptors (Lipinski definition) is 6. The van der Waals surface area contributed by atoms with Crippen molar-refractivity contribution in [3.05, 3.63) is 42.5 Å². The number of methoxy groups -OCH3 is 1. The maximum absolute atomic E-state index is 12.8. The van der Waals surface area contributed by atoms with Gasteiger partial charge in [0.05, 0.1) is 30.9 Å². The molecule has 8 nitrogen and oxygen atoms in total. The molecular weight excluding hydrogens is 432 g/mol. The summed E-state index contributed by atoms with van der Waals surface area (Å²) in [5.41, 5.74) is 0.334. The van der Waals surface area contributed by atoms with E-state index in [2.05, 4.69) is 5.32 Å². The topological polar surface area (TPSA) is 94.2 Å². The van der Waals surface area contributed by atoms with Crippen LogP contribution in [0.25, 0.3) is 0 Å². The molecule has 0 unspecified atom stereocenters. The first-order valence-corrected chi connectivity index (χ1v) is 12.1. The van der Waals surface area contributed by atoms with Crippen molar-refractivity contribution in [3.63, 3.8) is 0 Å². The van der Waals surface area contributed by atoms with E-state index in [0.717, 1.165) is 5.75 Å². The molecule has 0 aliphatic rings. The molecule has 0 aliphatic heterocycles. The summed E-state index contributed by atoms with van der Waals surface area (Å²) >= 11 is 0. The molecule has 2 aromatic rings. The number of amides is 1. The van der Waals surface area contributed by atoms with Crippen LogP contribution in [0.4, 0.5) is 5.69 Å². The minimum atomic E-state index is -3.65. The van der Waals surface area contributed by atoms with Crippen LogP contribution in [0.3, 0.4) is 0 Å². The number of nitrogens with zero attached hydrogens (tertiary/aromatic N) is 1. The van der Waals surface area contributed by atoms with Crippen molar-refractivity contribution in [2.45, 2.75) is 38.5 Å². The molecular formula is C23H32N2O6S. The van der Waals surface area contributed by atoms with Gasteiger partial charge >= 0.3 is 0 Å². The Morgan fingerprint density at radius 2 is 1.62 bits per heavy atom. The second-order valence-electron chi connectivity index (χ2n) is 6.86. The highest BCUT2D eigenvalue weighted by molar-refractivity contribution is 7.89. The Kier molecular flexibility index (Phi) is 9.80. The number of anilines is 1. The monoisotopic (exact) mass is 464 g/mol. The van der Waals surface area contributed by atoms with Crippen molar-refractivity contribution < 1.29 is 27.4 Å². The molecule has 0 aliphatic carbocycles. The minimum Gasteiger partial charge on any atom is -0.497 e. The van der Waals surface area contributed by atoms with E-state index in [1.54, 1.807) is 51.3 Å². The highest BCUT2D eigenvalue weighted by atomic mass is 32.2. The van der Waals surface area contributed by atoms with Crippen molar-refractivity contribution >= 4 is 21.6 Å². The van der Waals surface area contributed by atoms with Gasteiger partial charge in [0, 0.05) is 19.5 Å². The lowest BCUT2D eigenvalue weighted by Crippen LogP contribution is -2.30. The minimum absolute atomic E-state index is 0.114. The number of hydrogen-bond donors (Lipinski definition) is 1. The number of sulfonamides is 1. The summed E-state index contributed by atoms with van der Waals surface area (Å²) in [6.45, 7) is 6.88. The third-order valence-corrected chi connectivity index (χ3v) is 6.79. The number of carbonyl (C=O) groups is 1. The van der Waals surface area contributed by atoms with Crippen LogP contribution < -0.4 is 19.5 Å². The second kappa shape index (κ2) is 12.3. The summed E-state index contributed by atoms with van der Waals surface area (Å²) in [6, 6.07) is 11.7. The summed E-state index contributed by atoms with van der Waals surface area (Å²) < 4.78 is 43.3. The Bertz CT molecular complexity index is 972. The average Bonchev–Trinajstić information content (AvgIpc) is 2.79. The lowest BCUT2D eigenvalue weighted by molar-refractivity contribution is -0.116. The van der Waals surface area contributed by atoms with Crippen LogP contribution in [0, 0.1) is 0 Å². The molecule has 0 atom stereocenters. The van der Waals surface area contributed by atoms with Crippen LogP contribution in [0.1, 0.15) is 33.6 Å². The van der Waals surface area contributed by atoms with Crippen LogP contribution in [0.15, 0.2) is 47.4 Å². The zero-order chi connectivity index (χ0) is 23.6. The van der Waals surface area contributed by atoms with E-state index in [1.165, 1.54) is 16.4 Å². The van der Waals surface area contributed by atoms with Crippen molar-refractivity contribution in [1.29, 1.82) is 0 Å². The summed E-state index contributed by atoms with van der Waals surface area (Å²) in [7, 11) is -2.05. The van der Waals surface area contributed by atoms with Crippen molar-refractivity contribution in [1.82, 2.24) is 4.31 Å². The molecule has 0 heterocycles. The van der Waals surface area contributed by atoms with Gasteiger partial charge in [0.25, 0.3) is 0 Å². The molecule has 0 saturated heterocycles. The predicted octanol–water partition coefficient (Wildman–Crippen LogP) is 3.92. The largest absolute Gasteiger partial charge is 0.497 e. The fraction of sp³-hybridized carbons (Fsp3) is 0.435. The van der Waals surface area contributed by atoms with Gasteiger partial charge in [0.1, 0.15) is 17.2 Å². The van der Waals surface area contributed by atoms with E-state index >= 15 is 0 Å². The Hall–Kier alpha value is -2.78. The van der Waals surface area contributed by atoms with Gasteiger partial charge in [-0.1, -0.05) is 13.8 Å². The van der Waals surface area contributed by atoms with Crippen molar-refractivity contribution in [2.75, 3.05) is 38.7 Å². The summed E-state index contributed by atoms with van der Waals surface area (Å²) in [5.74, 6) is 1.61. The third-order valence-electron chi connectivity index (χ3n) is 4.74. The average molecular weight is 465 g/mol. The summed E-state index contributed by atoms with van der Waals surface area (Å²) in [5, 5.41) is 2.78. The lowest BCUT2D eigenvalue weighted by atomic mass is 10.2. The molecule has 0 aromatic heterocycles. The van der Waals surface area contributed by atoms with Gasteiger partial charge < -0.3 is 19.5 Å². The number of ether oxygens (including phenoxy) is 3. The molecule has 2 rings (SSSR count). The highest BCUT2D eigenvalue weighted by Gasteiger charge is 2.23. The maximum atomic E-state index is 12.8. The molecule has 0 bridgehead atoms. The van der Waals surface area contributed by atoms with Crippen molar-refractivity contribution in [3.8, 4) is 17.2 Å². The Morgan fingerprint density at radius 1 is 0.969 bits per heavy atom. The van der Waals surface area contributed by atoms with Crippen LogP contribution >= 0.6 is 0 Å². The first-order chi connectivity index (χ1) is 15.3. The molecule has 1 amide bonds. The third kappa shape index (κ3) is 6.86. The van der Waals surface area contributed by atoms with Gasteiger partial charge in [-0.15, -0.1) is 0 Å². The standard InChI is InChI=1S/C23H32N2O6S/c1-5-25(6-2)32(27,28)20-14-15-22(30-7-3)21(17-20)24-23(26)9-8-16-31-19-12-10-18(29-4)11-13-19/h10-15,17H,5-9,16H2,1-4H3,(H,24,26). The first-order valence-electron chi connectivity index (χ1n) is 10.7. The number of carbonyl (C=O) groups excluding carboxylic acids is 1. The summed E-state index contributed by atoms with van der Waals surface area (Å²) in [6.07, 6.45) is 0.716. The van der Waals surface area contributed by atoms with Crippen LogP contribution in [-0.2, 0) is 14.8 Å². The van der Waals surface area contributed by atoms with Gasteiger partial charge in [-0.3, -0.25) is 4.79 Å². The normalized spacial score (nSPS) is 11.3. The molecule has 9 heteroatoms. The molecule has 2 aromatic carbocycles. The maximum Gasteiger partial charge on any atom is 0.243 e. The van der Waals surface area contributed by atoms with Crippen LogP contribution in [-0.4, -0.2) is 52.0 Å². The molecule has 0 saturated carbocycles. The van der Waals surface area contributed by atoms with Gasteiger partial charge in [0.15, 0.2) is 0 Å². The SMILES string of the molecule is CCOc1ccc(S(=O)(=O)N(CC)CC)cc1NC(=O)CCCOc1ccc(OC)cc1. The fourth-order valence-electron chi connectivity index (χ4n) is 3.07. The number of benzene rings is 2. The first kappa shape index (κ1) is 25.5. The summed E-state index contributed by atoms with van der Waals surface area (Å²) in [4.78, 5) is 12.6. The van der Waals surface area contributed by atoms with Gasteiger partial charge in [0.2, 0.25) is 15.9 Å². The zero-order valence-electron chi connectivity index (χ0n) is 19.1. The van der Waals surface area contributed by atoms with Gasteiger partial charge in [-0.05, 0) is 55.8 Å². The quantitative estimate of drug-likeness (QED) is 0.452. The number of nitrogens with one attached hydrogen (secondary N) is 1. The van der Waals surface area contributed by atoms with Crippen LogP contribution in [0.5, 0.6) is 17.2 Å².